The minimum atomic E-state index is -0.365. The lowest BCUT2D eigenvalue weighted by Crippen LogP contribution is -2.24. The second kappa shape index (κ2) is 5.11. The summed E-state index contributed by atoms with van der Waals surface area (Å²) in [7, 11) is 0. The maximum atomic E-state index is 13.3. The molecular weight excluding hydrogens is 245 g/mol. The Morgan fingerprint density at radius 2 is 2.37 bits per heavy atom. The maximum Gasteiger partial charge on any atom is 0.123 e. The summed E-state index contributed by atoms with van der Waals surface area (Å²) < 4.78 is 13.3. The summed E-state index contributed by atoms with van der Waals surface area (Å²) in [6.07, 6.45) is 3.68. The second-order valence-electron chi connectivity index (χ2n) is 4.97. The number of nitrogens with zero attached hydrogens (tertiary/aromatic N) is 2. The van der Waals surface area contributed by atoms with E-state index in [0.29, 0.717) is 19.5 Å². The molecule has 1 fully saturated rings. The first-order valence-electron chi connectivity index (χ1n) is 6.37. The van der Waals surface area contributed by atoms with Crippen LogP contribution in [0, 0.1) is 5.82 Å². The van der Waals surface area contributed by atoms with E-state index in [9.17, 15) is 9.50 Å². The molecule has 3 rings (SSSR count). The summed E-state index contributed by atoms with van der Waals surface area (Å²) >= 11 is 0. The molecule has 0 spiro atoms. The van der Waals surface area contributed by atoms with Crippen LogP contribution in [0.2, 0.25) is 0 Å². The van der Waals surface area contributed by atoms with Crippen LogP contribution in [0.15, 0.2) is 36.8 Å². The molecule has 0 saturated carbocycles. The van der Waals surface area contributed by atoms with Crippen molar-refractivity contribution in [2.75, 3.05) is 6.54 Å². The van der Waals surface area contributed by atoms with Crippen molar-refractivity contribution >= 4 is 0 Å². The van der Waals surface area contributed by atoms with Crippen molar-refractivity contribution in [1.82, 2.24) is 14.9 Å². The number of aromatic amines is 1. The number of rotatable bonds is 3. The highest BCUT2D eigenvalue weighted by atomic mass is 19.1. The van der Waals surface area contributed by atoms with Gasteiger partial charge in [0, 0.05) is 31.0 Å². The highest BCUT2D eigenvalue weighted by Gasteiger charge is 2.32. The Kier molecular flexibility index (Phi) is 3.31. The lowest BCUT2D eigenvalue weighted by Gasteiger charge is -2.23. The Labute approximate surface area is 110 Å². The molecule has 0 radical (unpaired) electrons. The van der Waals surface area contributed by atoms with Crippen LogP contribution in [0.5, 0.6) is 0 Å². The maximum absolute atomic E-state index is 13.3. The molecule has 1 aromatic carbocycles. The van der Waals surface area contributed by atoms with Crippen LogP contribution in [-0.4, -0.2) is 32.6 Å². The number of hydrogen-bond acceptors (Lipinski definition) is 3. The molecule has 0 bridgehead atoms. The quantitative estimate of drug-likeness (QED) is 0.886. The van der Waals surface area contributed by atoms with Crippen molar-refractivity contribution in [3.05, 3.63) is 53.9 Å². The zero-order chi connectivity index (χ0) is 13.2. The monoisotopic (exact) mass is 261 g/mol. The van der Waals surface area contributed by atoms with Gasteiger partial charge >= 0.3 is 0 Å². The predicted octanol–water partition coefficient (Wildman–Crippen LogP) is 1.86. The number of hydrogen-bond donors (Lipinski definition) is 2. The number of aliphatic hydroxyl groups is 1. The van der Waals surface area contributed by atoms with Crippen LogP contribution in [-0.2, 0) is 6.54 Å². The standard InChI is InChI=1S/C14H16FN3O/c15-11-3-1-2-10(4-11)14-5-13(19)8-18(14)7-12-6-16-9-17-12/h1-4,6,9,13-14,19H,5,7-8H2,(H,16,17)/t13-,14-/m1/s1. The van der Waals surface area contributed by atoms with E-state index in [1.54, 1.807) is 24.7 Å². The summed E-state index contributed by atoms with van der Waals surface area (Å²) in [6.45, 7) is 1.28. The number of halogens is 1. The van der Waals surface area contributed by atoms with Crippen molar-refractivity contribution in [3.63, 3.8) is 0 Å². The summed E-state index contributed by atoms with van der Waals surface area (Å²) in [6, 6.07) is 6.65. The van der Waals surface area contributed by atoms with Crippen LogP contribution in [0.4, 0.5) is 4.39 Å². The van der Waals surface area contributed by atoms with Gasteiger partial charge in [-0.25, -0.2) is 9.37 Å². The van der Waals surface area contributed by atoms with Crippen LogP contribution < -0.4 is 0 Å². The number of likely N-dealkylation sites (tertiary alicyclic amines) is 1. The number of nitrogens with one attached hydrogen (secondary N) is 1. The van der Waals surface area contributed by atoms with Crippen molar-refractivity contribution in [2.24, 2.45) is 0 Å². The van der Waals surface area contributed by atoms with Gasteiger partial charge in [-0.2, -0.15) is 0 Å². The Balaban J connectivity index is 1.82. The molecule has 0 amide bonds. The third-order valence-electron chi connectivity index (χ3n) is 3.54. The average Bonchev–Trinajstić information content (AvgIpc) is 3.00. The molecule has 2 atom stereocenters. The van der Waals surface area contributed by atoms with E-state index in [4.69, 9.17) is 0 Å². The minimum absolute atomic E-state index is 0.0500. The van der Waals surface area contributed by atoms with E-state index in [1.807, 2.05) is 6.07 Å². The topological polar surface area (TPSA) is 52.1 Å². The molecule has 0 unspecified atom stereocenters. The van der Waals surface area contributed by atoms with Crippen LogP contribution in [0.3, 0.4) is 0 Å². The fraction of sp³-hybridized carbons (Fsp3) is 0.357. The molecule has 2 heterocycles. The van der Waals surface area contributed by atoms with Gasteiger partial charge in [0.25, 0.3) is 0 Å². The number of β-amino-alcohol motifs (C(OH)–C–C–N with tert-alkyl or cyclic N) is 1. The van der Waals surface area contributed by atoms with E-state index >= 15 is 0 Å². The number of aromatic nitrogens is 2. The lowest BCUT2D eigenvalue weighted by molar-refractivity contribution is 0.172. The molecule has 2 aromatic rings. The average molecular weight is 261 g/mol. The minimum Gasteiger partial charge on any atom is -0.392 e. The van der Waals surface area contributed by atoms with E-state index < -0.39 is 0 Å². The predicted molar refractivity (Wildman–Crippen MR) is 68.8 cm³/mol. The van der Waals surface area contributed by atoms with E-state index in [-0.39, 0.29) is 18.0 Å². The zero-order valence-corrected chi connectivity index (χ0v) is 10.5. The first kappa shape index (κ1) is 12.3. The van der Waals surface area contributed by atoms with Gasteiger partial charge in [0.1, 0.15) is 5.82 Å². The molecule has 5 heteroatoms. The van der Waals surface area contributed by atoms with Crippen LogP contribution >= 0.6 is 0 Å². The van der Waals surface area contributed by atoms with Gasteiger partial charge in [-0.05, 0) is 24.1 Å². The molecule has 19 heavy (non-hydrogen) atoms. The highest BCUT2D eigenvalue weighted by molar-refractivity contribution is 5.22. The Bertz CT molecular complexity index is 543. The van der Waals surface area contributed by atoms with Crippen molar-refractivity contribution in [3.8, 4) is 0 Å². The first-order chi connectivity index (χ1) is 9.22. The Morgan fingerprint density at radius 3 is 3.11 bits per heavy atom. The van der Waals surface area contributed by atoms with Gasteiger partial charge in [-0.1, -0.05) is 12.1 Å². The summed E-state index contributed by atoms with van der Waals surface area (Å²) in [4.78, 5) is 9.19. The number of H-pyrrole nitrogens is 1. The fourth-order valence-electron chi connectivity index (χ4n) is 2.70. The van der Waals surface area contributed by atoms with Crippen LogP contribution in [0.1, 0.15) is 23.7 Å². The molecular formula is C14H16FN3O. The summed E-state index contributed by atoms with van der Waals surface area (Å²) in [5, 5.41) is 9.87. The van der Waals surface area contributed by atoms with Crippen molar-refractivity contribution in [1.29, 1.82) is 0 Å². The van der Waals surface area contributed by atoms with Gasteiger partial charge in [0.15, 0.2) is 0 Å². The molecule has 1 aliphatic heterocycles. The third kappa shape index (κ3) is 2.67. The number of imidazole rings is 1. The number of benzene rings is 1. The lowest BCUT2D eigenvalue weighted by atomic mass is 10.0. The normalized spacial score (nSPS) is 23.9. The van der Waals surface area contributed by atoms with Gasteiger partial charge in [-0.15, -0.1) is 0 Å². The zero-order valence-electron chi connectivity index (χ0n) is 10.5. The smallest absolute Gasteiger partial charge is 0.123 e. The van der Waals surface area contributed by atoms with Gasteiger partial charge in [0.05, 0.1) is 12.4 Å². The molecule has 1 saturated heterocycles. The SMILES string of the molecule is O[C@@H]1C[C@H](c2cccc(F)c2)N(Cc2cnc[nH]2)C1. The first-order valence-corrected chi connectivity index (χ1v) is 6.37. The van der Waals surface area contributed by atoms with Crippen LogP contribution in [0.25, 0.3) is 0 Å². The molecule has 2 N–H and O–H groups in total. The Hall–Kier alpha value is -1.72. The van der Waals surface area contributed by atoms with Gasteiger partial charge < -0.3 is 10.1 Å². The molecule has 1 aliphatic rings. The second-order valence-corrected chi connectivity index (χ2v) is 4.97. The number of aliphatic hydroxyl groups excluding tert-OH is 1. The molecule has 0 aliphatic carbocycles. The largest absolute Gasteiger partial charge is 0.392 e. The molecule has 100 valence electrons. The van der Waals surface area contributed by atoms with Gasteiger partial charge in [-0.3, -0.25) is 4.90 Å². The summed E-state index contributed by atoms with van der Waals surface area (Å²) in [5.41, 5.74) is 1.91. The summed E-state index contributed by atoms with van der Waals surface area (Å²) in [5.74, 6) is -0.236. The van der Waals surface area contributed by atoms with E-state index in [2.05, 4.69) is 14.9 Å². The molecule has 4 nitrogen and oxygen atoms in total. The fourth-order valence-corrected chi connectivity index (χ4v) is 2.70. The highest BCUT2D eigenvalue weighted by Crippen LogP contribution is 2.33. The van der Waals surface area contributed by atoms with E-state index in [0.717, 1.165) is 11.3 Å². The van der Waals surface area contributed by atoms with Crippen molar-refractivity contribution in [2.45, 2.75) is 25.1 Å². The van der Waals surface area contributed by atoms with E-state index in [1.165, 1.54) is 6.07 Å². The van der Waals surface area contributed by atoms with Crippen molar-refractivity contribution < 1.29 is 9.50 Å². The van der Waals surface area contributed by atoms with Gasteiger partial charge in [0.2, 0.25) is 0 Å². The molecule has 1 aromatic heterocycles. The Morgan fingerprint density at radius 1 is 1.47 bits per heavy atom. The third-order valence-corrected chi connectivity index (χ3v) is 3.54.